The average molecular weight is 237 g/mol. The lowest BCUT2D eigenvalue weighted by Crippen LogP contribution is -2.36. The Bertz CT molecular complexity index is 356. The van der Waals surface area contributed by atoms with E-state index >= 15 is 0 Å². The summed E-state index contributed by atoms with van der Waals surface area (Å²) in [4.78, 5) is 0. The lowest BCUT2D eigenvalue weighted by atomic mass is 9.92. The van der Waals surface area contributed by atoms with Gasteiger partial charge in [0.25, 0.3) is 0 Å². The van der Waals surface area contributed by atoms with Crippen molar-refractivity contribution < 1.29 is 9.13 Å². The van der Waals surface area contributed by atoms with Crippen molar-refractivity contribution in [1.82, 2.24) is 5.32 Å². The molecule has 0 radical (unpaired) electrons. The molecule has 3 heteroatoms. The summed E-state index contributed by atoms with van der Waals surface area (Å²) in [6.07, 6.45) is 5.00. The molecule has 0 amide bonds. The first kappa shape index (κ1) is 12.5. The number of hydrogen-bond acceptors (Lipinski definition) is 2. The number of hydrogen-bond donors (Lipinski definition) is 1. The molecule has 2 unspecified atom stereocenters. The number of methoxy groups -OCH3 is 1. The minimum Gasteiger partial charge on any atom is -0.381 e. The minimum absolute atomic E-state index is 0.164. The van der Waals surface area contributed by atoms with E-state index in [1.807, 2.05) is 6.07 Å². The van der Waals surface area contributed by atoms with Crippen molar-refractivity contribution in [3.63, 3.8) is 0 Å². The Morgan fingerprint density at radius 3 is 3.06 bits per heavy atom. The molecule has 0 saturated heterocycles. The van der Waals surface area contributed by atoms with E-state index in [1.54, 1.807) is 19.2 Å². The smallest absolute Gasteiger partial charge is 0.123 e. The molecule has 2 nitrogen and oxygen atoms in total. The van der Waals surface area contributed by atoms with Crippen molar-refractivity contribution in [2.24, 2.45) is 0 Å². The molecule has 2 rings (SSSR count). The van der Waals surface area contributed by atoms with E-state index in [4.69, 9.17) is 4.74 Å². The Labute approximate surface area is 102 Å². The van der Waals surface area contributed by atoms with Crippen LogP contribution in [0.15, 0.2) is 24.3 Å². The van der Waals surface area contributed by atoms with Crippen molar-refractivity contribution in [3.05, 3.63) is 35.6 Å². The van der Waals surface area contributed by atoms with E-state index in [-0.39, 0.29) is 5.82 Å². The van der Waals surface area contributed by atoms with E-state index in [0.717, 1.165) is 24.9 Å². The zero-order chi connectivity index (χ0) is 12.1. The fourth-order valence-electron chi connectivity index (χ4n) is 2.45. The average Bonchev–Trinajstić information content (AvgIpc) is 2.37. The highest BCUT2D eigenvalue weighted by Crippen LogP contribution is 2.20. The molecule has 1 aromatic rings. The van der Waals surface area contributed by atoms with Gasteiger partial charge >= 0.3 is 0 Å². The van der Waals surface area contributed by atoms with Crippen LogP contribution in [-0.2, 0) is 11.3 Å². The molecule has 1 aliphatic carbocycles. The molecule has 1 saturated carbocycles. The first-order valence-electron chi connectivity index (χ1n) is 6.28. The summed E-state index contributed by atoms with van der Waals surface area (Å²) in [5, 5.41) is 3.48. The van der Waals surface area contributed by atoms with Crippen LogP contribution in [0.2, 0.25) is 0 Å². The highest BCUT2D eigenvalue weighted by atomic mass is 19.1. The van der Waals surface area contributed by atoms with Gasteiger partial charge in [-0.15, -0.1) is 0 Å². The summed E-state index contributed by atoms with van der Waals surface area (Å²) in [6.45, 7) is 0.735. The van der Waals surface area contributed by atoms with Gasteiger partial charge in [-0.25, -0.2) is 4.39 Å². The van der Waals surface area contributed by atoms with Crippen LogP contribution in [0.25, 0.3) is 0 Å². The third-order valence-corrected chi connectivity index (χ3v) is 3.44. The summed E-state index contributed by atoms with van der Waals surface area (Å²) >= 11 is 0. The van der Waals surface area contributed by atoms with E-state index in [2.05, 4.69) is 5.32 Å². The topological polar surface area (TPSA) is 21.3 Å². The first-order valence-corrected chi connectivity index (χ1v) is 6.28. The number of halogens is 1. The summed E-state index contributed by atoms with van der Waals surface area (Å²) in [6, 6.07) is 7.27. The van der Waals surface area contributed by atoms with Gasteiger partial charge in [0.15, 0.2) is 0 Å². The Hall–Kier alpha value is -0.930. The van der Waals surface area contributed by atoms with Crippen LogP contribution in [0, 0.1) is 5.82 Å². The SMILES string of the molecule is COC1CCCC(NCc2cccc(F)c2)C1. The second kappa shape index (κ2) is 6.12. The van der Waals surface area contributed by atoms with Gasteiger partial charge in [0.1, 0.15) is 5.82 Å². The van der Waals surface area contributed by atoms with Crippen LogP contribution in [0.1, 0.15) is 31.2 Å². The van der Waals surface area contributed by atoms with Crippen molar-refractivity contribution in [3.8, 4) is 0 Å². The molecule has 1 fully saturated rings. The van der Waals surface area contributed by atoms with E-state index in [9.17, 15) is 4.39 Å². The lowest BCUT2D eigenvalue weighted by molar-refractivity contribution is 0.0586. The van der Waals surface area contributed by atoms with Gasteiger partial charge < -0.3 is 10.1 Å². The monoisotopic (exact) mass is 237 g/mol. The fraction of sp³-hybridized carbons (Fsp3) is 0.571. The largest absolute Gasteiger partial charge is 0.381 e. The molecule has 17 heavy (non-hydrogen) atoms. The maximum absolute atomic E-state index is 13.0. The second-order valence-corrected chi connectivity index (χ2v) is 4.73. The molecule has 0 bridgehead atoms. The molecule has 1 aromatic carbocycles. The quantitative estimate of drug-likeness (QED) is 0.869. The molecule has 94 valence electrons. The molecule has 2 atom stereocenters. The number of ether oxygens (including phenoxy) is 1. The summed E-state index contributed by atoms with van der Waals surface area (Å²) < 4.78 is 18.4. The molecular weight excluding hydrogens is 217 g/mol. The summed E-state index contributed by atoms with van der Waals surface area (Å²) in [5.41, 5.74) is 1.00. The Morgan fingerprint density at radius 1 is 1.41 bits per heavy atom. The maximum Gasteiger partial charge on any atom is 0.123 e. The standard InChI is InChI=1S/C14H20FNO/c1-17-14-7-3-6-13(9-14)16-10-11-4-2-5-12(15)8-11/h2,4-5,8,13-14,16H,3,6-7,9-10H2,1H3. The predicted molar refractivity (Wildman–Crippen MR) is 66.3 cm³/mol. The van der Waals surface area contributed by atoms with Gasteiger partial charge in [0, 0.05) is 19.7 Å². The van der Waals surface area contributed by atoms with Gasteiger partial charge in [-0.2, -0.15) is 0 Å². The van der Waals surface area contributed by atoms with E-state index < -0.39 is 0 Å². The van der Waals surface area contributed by atoms with Crippen LogP contribution in [0.4, 0.5) is 4.39 Å². The first-order chi connectivity index (χ1) is 8.28. The van der Waals surface area contributed by atoms with Gasteiger partial charge in [0.05, 0.1) is 6.10 Å². The summed E-state index contributed by atoms with van der Waals surface area (Å²) in [7, 11) is 1.78. The Balaban J connectivity index is 1.81. The molecule has 0 heterocycles. The zero-order valence-electron chi connectivity index (χ0n) is 10.3. The third kappa shape index (κ3) is 3.79. The van der Waals surface area contributed by atoms with Crippen LogP contribution in [0.3, 0.4) is 0 Å². The molecule has 1 aliphatic rings. The van der Waals surface area contributed by atoms with Gasteiger partial charge in [-0.1, -0.05) is 12.1 Å². The van der Waals surface area contributed by atoms with Crippen molar-refractivity contribution in [2.45, 2.75) is 44.4 Å². The number of rotatable bonds is 4. The van der Waals surface area contributed by atoms with Crippen LogP contribution >= 0.6 is 0 Å². The highest BCUT2D eigenvalue weighted by molar-refractivity contribution is 5.16. The molecular formula is C14H20FNO. The van der Waals surface area contributed by atoms with Crippen LogP contribution in [-0.4, -0.2) is 19.3 Å². The van der Waals surface area contributed by atoms with Crippen molar-refractivity contribution in [2.75, 3.05) is 7.11 Å². The van der Waals surface area contributed by atoms with Crippen LogP contribution in [0.5, 0.6) is 0 Å². The normalized spacial score (nSPS) is 24.8. The van der Waals surface area contributed by atoms with Gasteiger partial charge in [-0.3, -0.25) is 0 Å². The highest BCUT2D eigenvalue weighted by Gasteiger charge is 2.20. The second-order valence-electron chi connectivity index (χ2n) is 4.73. The zero-order valence-corrected chi connectivity index (χ0v) is 10.3. The minimum atomic E-state index is -0.164. The molecule has 1 N–H and O–H groups in total. The number of nitrogens with one attached hydrogen (secondary N) is 1. The maximum atomic E-state index is 13.0. The van der Waals surface area contributed by atoms with Crippen molar-refractivity contribution >= 4 is 0 Å². The predicted octanol–water partition coefficient (Wildman–Crippen LogP) is 2.87. The third-order valence-electron chi connectivity index (χ3n) is 3.44. The van der Waals surface area contributed by atoms with Crippen molar-refractivity contribution in [1.29, 1.82) is 0 Å². The Morgan fingerprint density at radius 2 is 2.29 bits per heavy atom. The lowest BCUT2D eigenvalue weighted by Gasteiger charge is -2.29. The summed E-state index contributed by atoms with van der Waals surface area (Å²) in [5.74, 6) is -0.164. The molecule has 0 aromatic heterocycles. The molecule has 0 spiro atoms. The van der Waals surface area contributed by atoms with Gasteiger partial charge in [-0.05, 0) is 43.4 Å². The fourth-order valence-corrected chi connectivity index (χ4v) is 2.45. The van der Waals surface area contributed by atoms with E-state index in [1.165, 1.54) is 18.9 Å². The Kier molecular flexibility index (Phi) is 4.51. The van der Waals surface area contributed by atoms with Gasteiger partial charge in [0.2, 0.25) is 0 Å². The molecule has 0 aliphatic heterocycles. The van der Waals surface area contributed by atoms with E-state index in [0.29, 0.717) is 12.1 Å². The number of benzene rings is 1. The van der Waals surface area contributed by atoms with Crippen LogP contribution < -0.4 is 5.32 Å².